The molecule has 0 spiro atoms. The van der Waals surface area contributed by atoms with E-state index in [-0.39, 0.29) is 5.91 Å². The van der Waals surface area contributed by atoms with Crippen molar-refractivity contribution in [1.29, 1.82) is 0 Å². The van der Waals surface area contributed by atoms with Crippen LogP contribution in [0, 0.1) is 6.92 Å². The summed E-state index contributed by atoms with van der Waals surface area (Å²) >= 11 is 1.59. The molecule has 0 saturated carbocycles. The largest absolute Gasteiger partial charge is 0.343 e. The van der Waals surface area contributed by atoms with Gasteiger partial charge in [0.2, 0.25) is 5.13 Å². The molecule has 0 bridgehead atoms. The van der Waals surface area contributed by atoms with Crippen LogP contribution in [0.2, 0.25) is 0 Å². The van der Waals surface area contributed by atoms with Crippen molar-refractivity contribution in [3.8, 4) is 0 Å². The summed E-state index contributed by atoms with van der Waals surface area (Å²) in [6.07, 6.45) is 3.29. The van der Waals surface area contributed by atoms with Crippen LogP contribution in [0.3, 0.4) is 0 Å². The number of rotatable bonds is 2. The lowest BCUT2D eigenvalue weighted by molar-refractivity contribution is 0.0746. The van der Waals surface area contributed by atoms with E-state index in [0.29, 0.717) is 18.7 Å². The van der Waals surface area contributed by atoms with E-state index in [9.17, 15) is 4.79 Å². The van der Waals surface area contributed by atoms with E-state index in [4.69, 9.17) is 0 Å². The molecule has 0 atom stereocenters. The molecule has 1 saturated heterocycles. The van der Waals surface area contributed by atoms with E-state index < -0.39 is 0 Å². The quantitative estimate of drug-likeness (QED) is 0.831. The molecule has 1 fully saturated rings. The average Bonchev–Trinajstić information content (AvgIpc) is 2.94. The summed E-state index contributed by atoms with van der Waals surface area (Å²) in [5.74, 6) is 0.0474. The topological polar surface area (TPSA) is 62.2 Å². The van der Waals surface area contributed by atoms with E-state index in [1.807, 2.05) is 11.8 Å². The van der Waals surface area contributed by atoms with Gasteiger partial charge in [-0.25, -0.2) is 0 Å². The van der Waals surface area contributed by atoms with Crippen LogP contribution in [-0.4, -0.2) is 52.2 Å². The first-order chi connectivity index (χ1) is 9.74. The van der Waals surface area contributed by atoms with Gasteiger partial charge >= 0.3 is 0 Å². The van der Waals surface area contributed by atoms with Crippen LogP contribution in [0.1, 0.15) is 15.4 Å². The van der Waals surface area contributed by atoms with Crippen LogP contribution in [0.4, 0.5) is 5.13 Å². The number of anilines is 1. The predicted molar refractivity (Wildman–Crippen MR) is 77.0 cm³/mol. The fourth-order valence-corrected chi connectivity index (χ4v) is 2.93. The van der Waals surface area contributed by atoms with Crippen LogP contribution in [0.5, 0.6) is 0 Å². The molecule has 6 nitrogen and oxygen atoms in total. The Bertz CT molecular complexity index is 592. The maximum absolute atomic E-state index is 12.3. The first kappa shape index (κ1) is 13.0. The minimum Gasteiger partial charge on any atom is -0.343 e. The first-order valence-corrected chi connectivity index (χ1v) is 7.30. The highest BCUT2D eigenvalue weighted by Gasteiger charge is 2.23. The Morgan fingerprint density at radius 3 is 2.65 bits per heavy atom. The molecule has 1 aliphatic rings. The molecule has 0 radical (unpaired) electrons. The lowest BCUT2D eigenvalue weighted by Crippen LogP contribution is -2.48. The molecule has 0 N–H and O–H groups in total. The lowest BCUT2D eigenvalue weighted by Gasteiger charge is -2.34. The van der Waals surface area contributed by atoms with Crippen LogP contribution >= 0.6 is 11.3 Å². The summed E-state index contributed by atoms with van der Waals surface area (Å²) in [6.45, 7) is 4.93. The summed E-state index contributed by atoms with van der Waals surface area (Å²) in [7, 11) is 0. The Labute approximate surface area is 121 Å². The highest BCUT2D eigenvalue weighted by Crippen LogP contribution is 2.21. The zero-order chi connectivity index (χ0) is 13.9. The van der Waals surface area contributed by atoms with Gasteiger partial charge in [0, 0.05) is 38.6 Å². The predicted octanol–water partition coefficient (Wildman–Crippen LogP) is 1.20. The molecule has 0 unspecified atom stereocenters. The van der Waals surface area contributed by atoms with Gasteiger partial charge in [0.05, 0.1) is 5.56 Å². The van der Waals surface area contributed by atoms with E-state index in [2.05, 4.69) is 20.1 Å². The minimum atomic E-state index is 0.0474. The lowest BCUT2D eigenvalue weighted by atomic mass is 10.2. The van der Waals surface area contributed by atoms with E-state index >= 15 is 0 Å². The van der Waals surface area contributed by atoms with Crippen LogP contribution < -0.4 is 4.90 Å². The highest BCUT2D eigenvalue weighted by molar-refractivity contribution is 7.15. The van der Waals surface area contributed by atoms with E-state index in [1.54, 1.807) is 35.9 Å². The molecule has 1 amide bonds. The molecule has 104 valence electrons. The molecule has 7 heteroatoms. The van der Waals surface area contributed by atoms with Crippen molar-refractivity contribution in [2.75, 3.05) is 31.1 Å². The Kier molecular flexibility index (Phi) is 3.60. The summed E-state index contributed by atoms with van der Waals surface area (Å²) in [6, 6.07) is 3.59. The number of carbonyl (C=O) groups excluding carboxylic acids is 1. The Morgan fingerprint density at radius 1 is 1.25 bits per heavy atom. The van der Waals surface area contributed by atoms with E-state index in [1.165, 1.54) is 0 Å². The van der Waals surface area contributed by atoms with Crippen LogP contribution in [0.15, 0.2) is 24.5 Å². The SMILES string of the molecule is Cc1nnc(N2CCN(C(=O)c3cccnc3)CC2)s1. The molecule has 20 heavy (non-hydrogen) atoms. The van der Waals surface area contributed by atoms with Gasteiger partial charge in [-0.15, -0.1) is 10.2 Å². The Balaban J connectivity index is 1.63. The van der Waals surface area contributed by atoms with E-state index in [0.717, 1.165) is 23.2 Å². The number of hydrogen-bond donors (Lipinski definition) is 0. The molecular weight excluding hydrogens is 274 g/mol. The van der Waals surface area contributed by atoms with Crippen molar-refractivity contribution in [2.45, 2.75) is 6.92 Å². The fraction of sp³-hybridized carbons (Fsp3) is 0.385. The number of piperazine rings is 1. The van der Waals surface area contributed by atoms with Crippen molar-refractivity contribution in [3.05, 3.63) is 35.1 Å². The summed E-state index contributed by atoms with van der Waals surface area (Å²) in [5, 5.41) is 10.1. The second kappa shape index (κ2) is 5.54. The molecule has 2 aromatic rings. The maximum atomic E-state index is 12.3. The molecule has 2 aromatic heterocycles. The third-order valence-corrected chi connectivity index (χ3v) is 4.16. The van der Waals surface area contributed by atoms with Gasteiger partial charge in [-0.1, -0.05) is 11.3 Å². The summed E-state index contributed by atoms with van der Waals surface area (Å²) < 4.78 is 0. The van der Waals surface area contributed by atoms with Gasteiger partial charge in [-0.2, -0.15) is 0 Å². The van der Waals surface area contributed by atoms with Gasteiger partial charge in [0.1, 0.15) is 5.01 Å². The number of aryl methyl sites for hydroxylation is 1. The third kappa shape index (κ3) is 2.62. The highest BCUT2D eigenvalue weighted by atomic mass is 32.1. The van der Waals surface area contributed by atoms with Crippen molar-refractivity contribution in [1.82, 2.24) is 20.1 Å². The molecule has 1 aliphatic heterocycles. The van der Waals surface area contributed by atoms with Crippen molar-refractivity contribution in [2.24, 2.45) is 0 Å². The number of nitrogens with zero attached hydrogens (tertiary/aromatic N) is 5. The van der Waals surface area contributed by atoms with Gasteiger partial charge < -0.3 is 9.80 Å². The molecule has 3 heterocycles. The Morgan fingerprint density at radius 2 is 2.05 bits per heavy atom. The third-order valence-electron chi connectivity index (χ3n) is 3.26. The average molecular weight is 289 g/mol. The Hall–Kier alpha value is -2.02. The van der Waals surface area contributed by atoms with Crippen LogP contribution in [-0.2, 0) is 0 Å². The summed E-state index contributed by atoms with van der Waals surface area (Å²) in [4.78, 5) is 20.3. The second-order valence-corrected chi connectivity index (χ2v) is 5.78. The van der Waals surface area contributed by atoms with Gasteiger partial charge in [-0.3, -0.25) is 9.78 Å². The van der Waals surface area contributed by atoms with Crippen molar-refractivity contribution < 1.29 is 4.79 Å². The first-order valence-electron chi connectivity index (χ1n) is 6.48. The molecular formula is C13H15N5OS. The zero-order valence-electron chi connectivity index (χ0n) is 11.2. The zero-order valence-corrected chi connectivity index (χ0v) is 12.0. The summed E-state index contributed by atoms with van der Waals surface area (Å²) in [5.41, 5.74) is 0.646. The van der Waals surface area contributed by atoms with Crippen LogP contribution in [0.25, 0.3) is 0 Å². The molecule has 0 aromatic carbocycles. The van der Waals surface area contributed by atoms with Gasteiger partial charge in [0.15, 0.2) is 0 Å². The van der Waals surface area contributed by atoms with Gasteiger partial charge in [0.25, 0.3) is 5.91 Å². The maximum Gasteiger partial charge on any atom is 0.255 e. The number of amides is 1. The molecule has 3 rings (SSSR count). The standard InChI is InChI=1S/C13H15N5OS/c1-10-15-16-13(20-10)18-7-5-17(6-8-18)12(19)11-3-2-4-14-9-11/h2-4,9H,5-8H2,1H3. The fourth-order valence-electron chi connectivity index (χ4n) is 2.19. The minimum absolute atomic E-state index is 0.0474. The second-order valence-electron chi connectivity index (χ2n) is 4.62. The number of hydrogen-bond acceptors (Lipinski definition) is 6. The van der Waals surface area contributed by atoms with Gasteiger partial charge in [-0.05, 0) is 19.1 Å². The number of aromatic nitrogens is 3. The normalized spacial score (nSPS) is 15.4. The number of pyridine rings is 1. The number of carbonyl (C=O) groups is 1. The van der Waals surface area contributed by atoms with Crippen molar-refractivity contribution >= 4 is 22.4 Å². The van der Waals surface area contributed by atoms with Crippen molar-refractivity contribution in [3.63, 3.8) is 0 Å². The monoisotopic (exact) mass is 289 g/mol. The molecule has 0 aliphatic carbocycles. The smallest absolute Gasteiger partial charge is 0.255 e.